The molecule has 232 valence electrons. The number of aliphatic imine (C=N–C) groups is 1. The Bertz CT molecular complexity index is 1570. The summed E-state index contributed by atoms with van der Waals surface area (Å²) in [5.41, 5.74) is 8.72. The normalized spacial score (nSPS) is 13.6. The third kappa shape index (κ3) is 8.09. The zero-order chi connectivity index (χ0) is 32.3. The van der Waals surface area contributed by atoms with Crippen LogP contribution >= 0.6 is 15.9 Å². The van der Waals surface area contributed by atoms with E-state index in [4.69, 9.17) is 15.2 Å². The predicted octanol–water partition coefficient (Wildman–Crippen LogP) is 5.01. The van der Waals surface area contributed by atoms with Crippen molar-refractivity contribution in [1.29, 1.82) is 0 Å². The standard InChI is InChI=1S/C30H41BrN8O4/c1-11-19-17-37(10)35-22(19)12-13-38(27(40)42-29(3,4)5)18(2)25(33-9)21(15-32)23-14-20-24(16-34-23)39(36-26(20)31)28(41)43-30(6,7)8/h11,14-18H,1,12-13,32H2,2-10H3/p+1/b21-15-,33-25?/t18-/m1/s1. The van der Waals surface area contributed by atoms with Gasteiger partial charge in [-0.05, 0) is 64.4 Å². The van der Waals surface area contributed by atoms with Gasteiger partial charge < -0.3 is 15.2 Å². The lowest BCUT2D eigenvalue weighted by atomic mass is 9.99. The number of aromatic amines is 1. The fourth-order valence-corrected chi connectivity index (χ4v) is 5.00. The van der Waals surface area contributed by atoms with E-state index in [0.29, 0.717) is 45.5 Å². The zero-order valence-electron chi connectivity index (χ0n) is 26.4. The summed E-state index contributed by atoms with van der Waals surface area (Å²) >= 11 is 3.46. The topological polar surface area (TPSA) is 144 Å². The van der Waals surface area contributed by atoms with Crippen LogP contribution in [0, 0.1) is 0 Å². The molecule has 3 aromatic rings. The highest BCUT2D eigenvalue weighted by atomic mass is 79.9. The van der Waals surface area contributed by atoms with E-state index in [1.165, 1.54) is 10.9 Å². The van der Waals surface area contributed by atoms with E-state index >= 15 is 0 Å². The molecule has 0 aromatic carbocycles. The first-order chi connectivity index (χ1) is 20.0. The summed E-state index contributed by atoms with van der Waals surface area (Å²) in [6.45, 7) is 16.9. The molecule has 0 unspecified atom stereocenters. The molecule has 43 heavy (non-hydrogen) atoms. The first kappa shape index (κ1) is 33.5. The van der Waals surface area contributed by atoms with Gasteiger partial charge in [-0.1, -0.05) is 12.7 Å². The van der Waals surface area contributed by atoms with Gasteiger partial charge in [-0.3, -0.25) is 14.6 Å². The summed E-state index contributed by atoms with van der Waals surface area (Å²) < 4.78 is 14.6. The summed E-state index contributed by atoms with van der Waals surface area (Å²) in [5, 5.41) is 9.52. The van der Waals surface area contributed by atoms with Crippen LogP contribution in [0.15, 0.2) is 40.8 Å². The van der Waals surface area contributed by atoms with Gasteiger partial charge >= 0.3 is 12.2 Å². The number of halogens is 1. The van der Waals surface area contributed by atoms with Crippen LogP contribution in [0.3, 0.4) is 0 Å². The average Bonchev–Trinajstić information content (AvgIpc) is 3.43. The highest BCUT2D eigenvalue weighted by Gasteiger charge is 2.32. The molecule has 0 radical (unpaired) electrons. The Morgan fingerprint density at radius 2 is 1.86 bits per heavy atom. The molecule has 0 spiro atoms. The maximum Gasteiger partial charge on any atom is 0.436 e. The molecule has 3 N–H and O–H groups in total. The van der Waals surface area contributed by atoms with Gasteiger partial charge in [-0.15, -0.1) is 0 Å². The van der Waals surface area contributed by atoms with Crippen molar-refractivity contribution in [3.05, 3.63) is 52.8 Å². The summed E-state index contributed by atoms with van der Waals surface area (Å²) in [4.78, 5) is 35.7. The molecule has 12 nitrogen and oxygen atoms in total. The van der Waals surface area contributed by atoms with E-state index in [2.05, 4.69) is 42.7 Å². The molecular weight excluding hydrogens is 616 g/mol. The number of nitrogens with zero attached hydrogens (tertiary/aromatic N) is 6. The van der Waals surface area contributed by atoms with E-state index in [9.17, 15) is 9.59 Å². The summed E-state index contributed by atoms with van der Waals surface area (Å²) in [6, 6.07) is 1.27. The Morgan fingerprint density at radius 1 is 1.21 bits per heavy atom. The first-order valence-electron chi connectivity index (χ1n) is 13.9. The highest BCUT2D eigenvalue weighted by molar-refractivity contribution is 9.10. The first-order valence-corrected chi connectivity index (χ1v) is 14.7. The molecule has 3 aromatic heterocycles. The van der Waals surface area contributed by atoms with Crippen LogP contribution < -0.4 is 10.7 Å². The van der Waals surface area contributed by atoms with Crippen LogP contribution in [0.5, 0.6) is 0 Å². The summed E-state index contributed by atoms with van der Waals surface area (Å²) in [7, 11) is 3.49. The lowest BCUT2D eigenvalue weighted by Crippen LogP contribution is -2.47. The maximum absolute atomic E-state index is 13.5. The number of carbonyl (C=O) groups is 2. The molecular formula is C30H42BrN8O4+. The predicted molar refractivity (Wildman–Crippen MR) is 171 cm³/mol. The van der Waals surface area contributed by atoms with Crippen LogP contribution in [0.25, 0.3) is 22.6 Å². The fraction of sp³-hybridized carbons (Fsp3) is 0.467. The molecule has 13 heteroatoms. The molecule has 1 atom stereocenters. The second-order valence-electron chi connectivity index (χ2n) is 12.0. The van der Waals surface area contributed by atoms with Crippen molar-refractivity contribution in [3.8, 4) is 0 Å². The van der Waals surface area contributed by atoms with Crippen LogP contribution in [-0.2, 0) is 22.9 Å². The quantitative estimate of drug-likeness (QED) is 0.335. The number of amides is 1. The largest absolute Gasteiger partial charge is 0.444 e. The van der Waals surface area contributed by atoms with Gasteiger partial charge in [-0.25, -0.2) is 14.6 Å². The van der Waals surface area contributed by atoms with E-state index < -0.39 is 29.4 Å². The Labute approximate surface area is 260 Å². The molecule has 0 bridgehead atoms. The van der Waals surface area contributed by atoms with Crippen molar-refractivity contribution < 1.29 is 24.0 Å². The smallest absolute Gasteiger partial charge is 0.436 e. The molecule has 3 rings (SSSR count). The molecule has 0 aliphatic carbocycles. The molecule has 0 aliphatic rings. The number of fused-ring (bicyclic) bond motifs is 1. The van der Waals surface area contributed by atoms with Crippen molar-refractivity contribution in [1.82, 2.24) is 24.5 Å². The number of aryl methyl sites for hydroxylation is 1. The Hall–Kier alpha value is -4.00. The van der Waals surface area contributed by atoms with Gasteiger partial charge in [0.15, 0.2) is 6.20 Å². The Balaban J connectivity index is 1.99. The number of hydrogen-bond donors (Lipinski definition) is 1. The van der Waals surface area contributed by atoms with E-state index in [1.807, 2.05) is 47.0 Å². The number of nitrogens with two attached hydrogens (primary N) is 1. The van der Waals surface area contributed by atoms with Crippen molar-refractivity contribution in [2.24, 2.45) is 17.8 Å². The van der Waals surface area contributed by atoms with Crippen LogP contribution in [-0.4, -0.2) is 73.2 Å². The highest BCUT2D eigenvalue weighted by Crippen LogP contribution is 2.27. The number of nitrogens with one attached hydrogen (secondary N) is 1. The Kier molecular flexibility index (Phi) is 10.2. The fourth-order valence-electron chi connectivity index (χ4n) is 4.52. The van der Waals surface area contributed by atoms with Gasteiger partial charge in [0, 0.05) is 56.5 Å². The number of ether oxygens (including phenoxy) is 2. The second kappa shape index (κ2) is 13.1. The number of H-pyrrole nitrogens is 1. The van der Waals surface area contributed by atoms with Gasteiger partial charge in [-0.2, -0.15) is 14.9 Å². The third-order valence-corrected chi connectivity index (χ3v) is 6.93. The van der Waals surface area contributed by atoms with Crippen molar-refractivity contribution in [2.75, 3.05) is 13.6 Å². The number of aromatic nitrogens is 5. The van der Waals surface area contributed by atoms with Gasteiger partial charge in [0.1, 0.15) is 21.3 Å². The molecule has 0 saturated heterocycles. The molecule has 0 saturated carbocycles. The van der Waals surface area contributed by atoms with Crippen LogP contribution in [0.1, 0.15) is 65.4 Å². The van der Waals surface area contributed by atoms with Crippen LogP contribution in [0.2, 0.25) is 0 Å². The Morgan fingerprint density at radius 3 is 2.42 bits per heavy atom. The molecule has 3 heterocycles. The minimum Gasteiger partial charge on any atom is -0.444 e. The summed E-state index contributed by atoms with van der Waals surface area (Å²) in [6.07, 6.45) is 6.08. The second-order valence-corrected chi connectivity index (χ2v) is 12.8. The van der Waals surface area contributed by atoms with E-state index in [0.717, 1.165) is 11.3 Å². The molecule has 0 fully saturated rings. The molecule has 1 amide bonds. The lowest BCUT2D eigenvalue weighted by Gasteiger charge is -2.32. The van der Waals surface area contributed by atoms with Gasteiger partial charge in [0.05, 0.1) is 23.0 Å². The monoisotopic (exact) mass is 657 g/mol. The maximum atomic E-state index is 13.5. The summed E-state index contributed by atoms with van der Waals surface area (Å²) in [5.74, 6) is 0. The van der Waals surface area contributed by atoms with Crippen molar-refractivity contribution in [2.45, 2.75) is 72.1 Å². The number of carbonyl (C=O) groups excluding carboxylic acids is 2. The minimum atomic E-state index is -0.707. The molecule has 0 aliphatic heterocycles. The lowest BCUT2D eigenvalue weighted by molar-refractivity contribution is -0.379. The number of rotatable bonds is 8. The SMILES string of the molecule is C=Cc1cn(C)nc1CCN(C(=O)OC(C)(C)C)[C@H](C)C(=NC)/C(=C\N)c1cc2c(Br)nn(C(=O)OC(C)(C)C)c2c[nH+]1. The van der Waals surface area contributed by atoms with Gasteiger partial charge in [0.25, 0.3) is 0 Å². The zero-order valence-corrected chi connectivity index (χ0v) is 27.9. The number of pyridine rings is 1. The number of hydrogen-bond acceptors (Lipinski definition) is 8. The van der Waals surface area contributed by atoms with Crippen LogP contribution in [0.4, 0.5) is 9.59 Å². The average molecular weight is 659 g/mol. The van der Waals surface area contributed by atoms with E-state index in [1.54, 1.807) is 49.7 Å². The third-order valence-electron chi connectivity index (χ3n) is 6.35. The van der Waals surface area contributed by atoms with E-state index in [-0.39, 0.29) is 0 Å². The van der Waals surface area contributed by atoms with Crippen molar-refractivity contribution in [3.63, 3.8) is 0 Å². The van der Waals surface area contributed by atoms with Crippen molar-refractivity contribution >= 4 is 56.4 Å². The van der Waals surface area contributed by atoms with Gasteiger partial charge in [0.2, 0.25) is 5.69 Å². The minimum absolute atomic E-state index is 0.307.